The monoisotopic (exact) mass is 309 g/mol. The van der Waals surface area contributed by atoms with Crippen molar-refractivity contribution in [3.63, 3.8) is 0 Å². The fourth-order valence-corrected chi connectivity index (χ4v) is 3.24. The van der Waals surface area contributed by atoms with Crippen LogP contribution in [0.15, 0.2) is 95.5 Å². The van der Waals surface area contributed by atoms with Gasteiger partial charge in [-0.1, -0.05) is 78.4 Å². The Labute approximate surface area is 142 Å². The highest BCUT2D eigenvalue weighted by molar-refractivity contribution is 6.02. The van der Waals surface area contributed by atoms with Gasteiger partial charge in [-0.2, -0.15) is 0 Å². The smallest absolute Gasteiger partial charge is 0.0629 e. The third kappa shape index (κ3) is 2.81. The van der Waals surface area contributed by atoms with Crippen LogP contribution in [0.1, 0.15) is 24.0 Å². The average Bonchev–Trinajstić information content (AvgIpc) is 3.06. The van der Waals surface area contributed by atoms with Gasteiger partial charge in [-0.05, 0) is 35.4 Å². The van der Waals surface area contributed by atoms with Crippen LogP contribution in [0.25, 0.3) is 10.8 Å². The molecule has 0 saturated carbocycles. The number of allylic oxidation sites excluding steroid dienone is 4. The van der Waals surface area contributed by atoms with Crippen molar-refractivity contribution in [3.05, 3.63) is 102 Å². The van der Waals surface area contributed by atoms with E-state index in [1.54, 1.807) is 0 Å². The van der Waals surface area contributed by atoms with Gasteiger partial charge in [-0.3, -0.25) is 4.99 Å². The number of hydrogen-bond acceptors (Lipinski definition) is 1. The van der Waals surface area contributed by atoms with Gasteiger partial charge >= 0.3 is 0 Å². The Morgan fingerprint density at radius 3 is 2.46 bits per heavy atom. The van der Waals surface area contributed by atoms with Gasteiger partial charge < -0.3 is 0 Å². The molecule has 0 aliphatic heterocycles. The quantitative estimate of drug-likeness (QED) is 0.511. The van der Waals surface area contributed by atoms with Gasteiger partial charge in [0.05, 0.1) is 5.69 Å². The molecule has 1 atom stereocenters. The zero-order valence-electron chi connectivity index (χ0n) is 13.7. The van der Waals surface area contributed by atoms with Gasteiger partial charge in [0.25, 0.3) is 0 Å². The predicted molar refractivity (Wildman–Crippen MR) is 103 cm³/mol. The molecule has 0 amide bonds. The van der Waals surface area contributed by atoms with Crippen LogP contribution >= 0.6 is 0 Å². The lowest BCUT2D eigenvalue weighted by molar-refractivity contribution is 1.10. The van der Waals surface area contributed by atoms with Gasteiger partial charge in [0.15, 0.2) is 0 Å². The maximum atomic E-state index is 4.71. The highest BCUT2D eigenvalue weighted by Crippen LogP contribution is 2.32. The summed E-state index contributed by atoms with van der Waals surface area (Å²) in [6.45, 7) is 2.15. The Morgan fingerprint density at radius 2 is 1.67 bits per heavy atom. The summed E-state index contributed by atoms with van der Waals surface area (Å²) < 4.78 is 0. The topological polar surface area (TPSA) is 12.4 Å². The lowest BCUT2D eigenvalue weighted by Gasteiger charge is -2.13. The number of hydrogen-bond donors (Lipinski definition) is 0. The zero-order valence-corrected chi connectivity index (χ0v) is 13.7. The Morgan fingerprint density at radius 1 is 0.875 bits per heavy atom. The molecule has 1 aliphatic carbocycles. The van der Waals surface area contributed by atoms with E-state index < -0.39 is 0 Å². The van der Waals surface area contributed by atoms with E-state index in [1.807, 2.05) is 36.5 Å². The van der Waals surface area contributed by atoms with E-state index in [2.05, 4.69) is 61.5 Å². The van der Waals surface area contributed by atoms with Gasteiger partial charge in [0.1, 0.15) is 0 Å². The molecule has 1 unspecified atom stereocenters. The van der Waals surface area contributed by atoms with E-state index in [4.69, 9.17) is 4.99 Å². The van der Waals surface area contributed by atoms with Crippen LogP contribution in [0, 0.1) is 0 Å². The molecule has 3 aromatic rings. The van der Waals surface area contributed by atoms with Gasteiger partial charge in [0, 0.05) is 17.7 Å². The molecule has 0 heterocycles. The molecule has 1 heteroatoms. The molecule has 1 aliphatic rings. The van der Waals surface area contributed by atoms with E-state index in [0.29, 0.717) is 5.92 Å². The molecular formula is C23H19N. The summed E-state index contributed by atoms with van der Waals surface area (Å²) in [7, 11) is 0. The van der Waals surface area contributed by atoms with Crippen LogP contribution in [0.3, 0.4) is 0 Å². The Kier molecular flexibility index (Phi) is 3.84. The molecular weight excluding hydrogens is 290 g/mol. The molecule has 3 aromatic carbocycles. The number of aliphatic imine (C=N–C) groups is 1. The number of para-hydroxylation sites is 1. The average molecular weight is 309 g/mol. The van der Waals surface area contributed by atoms with Crippen molar-refractivity contribution in [2.24, 2.45) is 4.99 Å². The molecule has 0 radical (unpaired) electrons. The number of nitrogens with zero attached hydrogens (tertiary/aromatic N) is 1. The second-order valence-corrected chi connectivity index (χ2v) is 6.18. The zero-order chi connectivity index (χ0) is 16.4. The maximum absolute atomic E-state index is 4.71. The molecule has 0 bridgehead atoms. The molecule has 0 aromatic heterocycles. The molecule has 0 fully saturated rings. The van der Waals surface area contributed by atoms with Gasteiger partial charge in [0.2, 0.25) is 0 Å². The fourth-order valence-electron chi connectivity index (χ4n) is 3.24. The summed E-state index contributed by atoms with van der Waals surface area (Å²) in [5.74, 6) is 0.326. The minimum atomic E-state index is 0.326. The number of rotatable bonds is 3. The van der Waals surface area contributed by atoms with E-state index in [-0.39, 0.29) is 0 Å². The van der Waals surface area contributed by atoms with E-state index in [9.17, 15) is 0 Å². The highest BCUT2D eigenvalue weighted by Gasteiger charge is 2.15. The van der Waals surface area contributed by atoms with Crippen LogP contribution in [-0.2, 0) is 0 Å². The highest BCUT2D eigenvalue weighted by atomic mass is 14.7. The van der Waals surface area contributed by atoms with Crippen molar-refractivity contribution in [1.29, 1.82) is 0 Å². The van der Waals surface area contributed by atoms with E-state index in [0.717, 1.165) is 5.69 Å². The first kappa shape index (κ1) is 14.6. The van der Waals surface area contributed by atoms with Crippen LogP contribution in [0.4, 0.5) is 5.69 Å². The SMILES string of the molecule is CC1=CC(c2ccc3ccccc3c2C=Nc2ccccc2)C=C1. The van der Waals surface area contributed by atoms with E-state index in [1.165, 1.54) is 27.5 Å². The summed E-state index contributed by atoms with van der Waals surface area (Å²) in [6, 6.07) is 23.1. The van der Waals surface area contributed by atoms with Crippen molar-refractivity contribution < 1.29 is 0 Å². The molecule has 0 N–H and O–H groups in total. The standard InChI is InChI=1S/C23H19N/c1-17-11-12-19(15-17)22-14-13-18-7-5-6-10-21(18)23(22)16-24-20-8-3-2-4-9-20/h2-16,19H,1H3. The molecule has 4 rings (SSSR count). The van der Waals surface area contributed by atoms with Crippen molar-refractivity contribution in [1.82, 2.24) is 0 Å². The summed E-state index contributed by atoms with van der Waals surface area (Å²) >= 11 is 0. The summed E-state index contributed by atoms with van der Waals surface area (Å²) in [5, 5.41) is 2.50. The van der Waals surface area contributed by atoms with Crippen molar-refractivity contribution in [3.8, 4) is 0 Å². The molecule has 0 saturated heterocycles. The first-order valence-corrected chi connectivity index (χ1v) is 8.29. The largest absolute Gasteiger partial charge is 0.256 e. The summed E-state index contributed by atoms with van der Waals surface area (Å²) in [5.41, 5.74) is 4.81. The van der Waals surface area contributed by atoms with Crippen molar-refractivity contribution >= 4 is 22.7 Å². The van der Waals surface area contributed by atoms with Gasteiger partial charge in [-0.15, -0.1) is 0 Å². The number of fused-ring (bicyclic) bond motifs is 1. The molecule has 24 heavy (non-hydrogen) atoms. The van der Waals surface area contributed by atoms with Crippen LogP contribution < -0.4 is 0 Å². The predicted octanol–water partition coefficient (Wildman–Crippen LogP) is 6.19. The summed E-state index contributed by atoms with van der Waals surface area (Å²) in [4.78, 5) is 4.71. The fraction of sp³-hybridized carbons (Fsp3) is 0.0870. The van der Waals surface area contributed by atoms with Crippen LogP contribution in [-0.4, -0.2) is 6.21 Å². The molecule has 1 nitrogen and oxygen atoms in total. The Balaban J connectivity index is 1.87. The number of benzene rings is 3. The minimum Gasteiger partial charge on any atom is -0.256 e. The minimum absolute atomic E-state index is 0.326. The van der Waals surface area contributed by atoms with Crippen molar-refractivity contribution in [2.75, 3.05) is 0 Å². The first-order valence-electron chi connectivity index (χ1n) is 8.29. The lowest BCUT2D eigenvalue weighted by atomic mass is 9.91. The van der Waals surface area contributed by atoms with E-state index >= 15 is 0 Å². The second-order valence-electron chi connectivity index (χ2n) is 6.18. The molecule has 116 valence electrons. The third-order valence-corrected chi connectivity index (χ3v) is 4.47. The first-order chi connectivity index (χ1) is 11.8. The maximum Gasteiger partial charge on any atom is 0.0629 e. The van der Waals surface area contributed by atoms with Gasteiger partial charge in [-0.25, -0.2) is 0 Å². The van der Waals surface area contributed by atoms with Crippen LogP contribution in [0.2, 0.25) is 0 Å². The molecule has 0 spiro atoms. The lowest BCUT2D eigenvalue weighted by Crippen LogP contribution is -1.98. The second kappa shape index (κ2) is 6.29. The van der Waals surface area contributed by atoms with Crippen molar-refractivity contribution in [2.45, 2.75) is 12.8 Å². The Hall–Kier alpha value is -2.93. The Bertz CT molecular complexity index is 962. The van der Waals surface area contributed by atoms with Crippen LogP contribution in [0.5, 0.6) is 0 Å². The summed E-state index contributed by atoms with van der Waals surface area (Å²) in [6.07, 6.45) is 8.78. The normalized spacial score (nSPS) is 16.9. The third-order valence-electron chi connectivity index (χ3n) is 4.47.